The maximum atomic E-state index is 12.0. The number of thiol groups is 1. The first-order chi connectivity index (χ1) is 18.6. The Labute approximate surface area is 238 Å². The summed E-state index contributed by atoms with van der Waals surface area (Å²) in [6, 6.07) is 0.430. The van der Waals surface area contributed by atoms with Gasteiger partial charge < -0.3 is 30.7 Å². The van der Waals surface area contributed by atoms with Gasteiger partial charge in [-0.25, -0.2) is 4.79 Å². The van der Waals surface area contributed by atoms with Crippen LogP contribution in [0, 0.1) is 0 Å². The van der Waals surface area contributed by atoms with Gasteiger partial charge in [-0.15, -0.1) is 0 Å². The lowest BCUT2D eigenvalue weighted by Crippen LogP contribution is -2.36. The highest BCUT2D eigenvalue weighted by molar-refractivity contribution is 8.00. The van der Waals surface area contributed by atoms with Crippen molar-refractivity contribution in [1.82, 2.24) is 21.3 Å². The number of urea groups is 1. The quantitative estimate of drug-likeness (QED) is 0.0685. The Balaban J connectivity index is 1.27. The maximum Gasteiger partial charge on any atom is 0.315 e. The maximum absolute atomic E-state index is 12.0. The van der Waals surface area contributed by atoms with Crippen LogP contribution in [0.2, 0.25) is 0 Å². The van der Waals surface area contributed by atoms with E-state index < -0.39 is 0 Å². The van der Waals surface area contributed by atoms with E-state index in [2.05, 4.69) is 33.9 Å². The largest absolute Gasteiger partial charge is 0.377 e. The minimum atomic E-state index is -0.0552. The van der Waals surface area contributed by atoms with Crippen molar-refractivity contribution in [2.75, 3.05) is 51.0 Å². The second kappa shape index (κ2) is 21.6. The molecule has 2 aliphatic rings. The Morgan fingerprint density at radius 3 is 1.95 bits per heavy atom. The van der Waals surface area contributed by atoms with Gasteiger partial charge in [0.1, 0.15) is 0 Å². The Bertz CT molecular complexity index is 673. The number of nitrogens with one attached hydrogen (secondary N) is 4. The fourth-order valence-electron chi connectivity index (χ4n) is 4.76. The standard InChI is InChI=1S/C27H50N4O5S2/c32-24(12-7-5-3-1-2-4-6-10-20-37)28-14-16-35-18-19-36-17-15-29-25(33)13-9-8-11-23-26-22(21-38-23)30-27(34)31-26/h22-23,26,37H,1-21H2,(H,28,32)(H,29,33)(H2,30,31,34)/t22-,23-,26-/m0/s1. The number of hydrogen-bond donors (Lipinski definition) is 5. The summed E-state index contributed by atoms with van der Waals surface area (Å²) in [5.74, 6) is 2.10. The van der Waals surface area contributed by atoms with E-state index in [0.717, 1.165) is 43.6 Å². The van der Waals surface area contributed by atoms with Gasteiger partial charge in [0, 0.05) is 36.9 Å². The summed E-state index contributed by atoms with van der Waals surface area (Å²) in [7, 11) is 0. The number of rotatable bonds is 24. The number of fused-ring (bicyclic) bond motifs is 1. The first-order valence-corrected chi connectivity index (χ1v) is 16.3. The molecule has 0 aromatic heterocycles. The molecule has 0 unspecified atom stereocenters. The Kier molecular flexibility index (Phi) is 18.8. The first kappa shape index (κ1) is 33.0. The zero-order chi connectivity index (χ0) is 27.3. The van der Waals surface area contributed by atoms with Crippen molar-refractivity contribution in [2.45, 2.75) is 101 Å². The molecule has 2 rings (SSSR count). The van der Waals surface area contributed by atoms with Crippen LogP contribution in [0.15, 0.2) is 0 Å². The van der Waals surface area contributed by atoms with Gasteiger partial charge in [0.15, 0.2) is 0 Å². The molecule has 0 bridgehead atoms. The average molecular weight is 575 g/mol. The number of hydrogen-bond acceptors (Lipinski definition) is 7. The molecule has 9 nitrogen and oxygen atoms in total. The third-order valence-corrected chi connectivity index (χ3v) is 8.73. The number of ether oxygens (including phenoxy) is 2. The molecule has 0 aromatic carbocycles. The van der Waals surface area contributed by atoms with Crippen LogP contribution in [-0.2, 0) is 19.1 Å². The zero-order valence-electron chi connectivity index (χ0n) is 23.0. The van der Waals surface area contributed by atoms with Crippen LogP contribution in [-0.4, -0.2) is 86.2 Å². The minimum absolute atomic E-state index is 0.0493. The summed E-state index contributed by atoms with van der Waals surface area (Å²) in [4.78, 5) is 35.3. The van der Waals surface area contributed by atoms with Gasteiger partial charge >= 0.3 is 6.03 Å². The average Bonchev–Trinajstić information content (AvgIpc) is 3.45. The predicted octanol–water partition coefficient (Wildman–Crippen LogP) is 3.42. The Morgan fingerprint density at radius 1 is 0.789 bits per heavy atom. The molecule has 220 valence electrons. The summed E-state index contributed by atoms with van der Waals surface area (Å²) in [5, 5.41) is 12.2. The molecule has 0 aliphatic carbocycles. The van der Waals surface area contributed by atoms with E-state index in [-0.39, 0.29) is 29.9 Å². The van der Waals surface area contributed by atoms with E-state index in [1.807, 2.05) is 11.8 Å². The highest BCUT2D eigenvalue weighted by Crippen LogP contribution is 2.33. The first-order valence-electron chi connectivity index (χ1n) is 14.6. The molecular formula is C27H50N4O5S2. The summed E-state index contributed by atoms with van der Waals surface area (Å²) in [5.41, 5.74) is 0. The van der Waals surface area contributed by atoms with Crippen molar-refractivity contribution in [3.05, 3.63) is 0 Å². The zero-order valence-corrected chi connectivity index (χ0v) is 24.7. The molecule has 4 amide bonds. The molecule has 0 saturated carbocycles. The molecule has 2 saturated heterocycles. The van der Waals surface area contributed by atoms with E-state index in [4.69, 9.17) is 9.47 Å². The van der Waals surface area contributed by atoms with Crippen molar-refractivity contribution < 1.29 is 23.9 Å². The van der Waals surface area contributed by atoms with E-state index in [9.17, 15) is 14.4 Å². The van der Waals surface area contributed by atoms with E-state index in [1.165, 1.54) is 38.5 Å². The lowest BCUT2D eigenvalue weighted by Gasteiger charge is -2.16. The lowest BCUT2D eigenvalue weighted by molar-refractivity contribution is -0.122. The van der Waals surface area contributed by atoms with Crippen LogP contribution in [0.3, 0.4) is 0 Å². The Morgan fingerprint density at radius 2 is 1.34 bits per heavy atom. The van der Waals surface area contributed by atoms with Crippen LogP contribution in [0.1, 0.15) is 83.5 Å². The van der Waals surface area contributed by atoms with Gasteiger partial charge in [-0.2, -0.15) is 24.4 Å². The number of thioether (sulfide) groups is 1. The molecule has 2 aliphatic heterocycles. The van der Waals surface area contributed by atoms with E-state index in [0.29, 0.717) is 57.6 Å². The van der Waals surface area contributed by atoms with Crippen molar-refractivity contribution in [3.8, 4) is 0 Å². The lowest BCUT2D eigenvalue weighted by atomic mass is 10.0. The van der Waals surface area contributed by atoms with Crippen LogP contribution in [0.4, 0.5) is 4.79 Å². The number of amides is 4. The van der Waals surface area contributed by atoms with Crippen LogP contribution < -0.4 is 21.3 Å². The van der Waals surface area contributed by atoms with E-state index >= 15 is 0 Å². The highest BCUT2D eigenvalue weighted by atomic mass is 32.2. The third kappa shape index (κ3) is 15.4. The fourth-order valence-corrected chi connectivity index (χ4v) is 6.52. The molecule has 0 spiro atoms. The van der Waals surface area contributed by atoms with Crippen molar-refractivity contribution in [1.29, 1.82) is 0 Å². The molecule has 11 heteroatoms. The van der Waals surface area contributed by atoms with Gasteiger partial charge in [-0.3, -0.25) is 9.59 Å². The molecule has 2 heterocycles. The fraction of sp³-hybridized carbons (Fsp3) is 0.889. The second-order valence-electron chi connectivity index (χ2n) is 10.1. The number of unbranched alkanes of at least 4 members (excludes halogenated alkanes) is 8. The van der Waals surface area contributed by atoms with Crippen molar-refractivity contribution >= 4 is 42.2 Å². The molecule has 38 heavy (non-hydrogen) atoms. The van der Waals surface area contributed by atoms with Gasteiger partial charge in [0.25, 0.3) is 0 Å². The summed E-state index contributed by atoms with van der Waals surface area (Å²) in [6.45, 7) is 2.87. The molecule has 0 aromatic rings. The topological polar surface area (TPSA) is 118 Å². The smallest absolute Gasteiger partial charge is 0.315 e. The normalized spacial score (nSPS) is 20.1. The van der Waals surface area contributed by atoms with Gasteiger partial charge in [-0.1, -0.05) is 44.9 Å². The van der Waals surface area contributed by atoms with Crippen molar-refractivity contribution in [2.24, 2.45) is 0 Å². The monoisotopic (exact) mass is 574 g/mol. The predicted molar refractivity (Wildman–Crippen MR) is 157 cm³/mol. The second-order valence-corrected chi connectivity index (χ2v) is 11.8. The molecule has 2 fully saturated rings. The van der Waals surface area contributed by atoms with Gasteiger partial charge in [0.2, 0.25) is 11.8 Å². The van der Waals surface area contributed by atoms with Gasteiger partial charge in [-0.05, 0) is 31.4 Å². The SMILES string of the molecule is O=C(CCCCCCCCCCS)NCCOCCOCCNC(=O)CCCC[C@@H]1SC[C@@H]2NC(=O)N[C@@H]21. The molecule has 4 N–H and O–H groups in total. The third-order valence-electron chi connectivity index (χ3n) is 6.90. The van der Waals surface area contributed by atoms with Gasteiger partial charge in [0.05, 0.1) is 38.5 Å². The van der Waals surface area contributed by atoms with Crippen molar-refractivity contribution in [3.63, 3.8) is 0 Å². The minimum Gasteiger partial charge on any atom is -0.377 e. The highest BCUT2D eigenvalue weighted by Gasteiger charge is 2.42. The van der Waals surface area contributed by atoms with Crippen LogP contribution >= 0.6 is 24.4 Å². The molecule has 0 radical (unpaired) electrons. The summed E-state index contributed by atoms with van der Waals surface area (Å²) in [6.07, 6.45) is 13.6. The number of carbonyl (C=O) groups excluding carboxylic acids is 3. The Hall–Kier alpha value is -1.17. The van der Waals surface area contributed by atoms with Crippen LogP contribution in [0.25, 0.3) is 0 Å². The van der Waals surface area contributed by atoms with E-state index in [1.54, 1.807) is 0 Å². The summed E-state index contributed by atoms with van der Waals surface area (Å²) >= 11 is 6.13. The summed E-state index contributed by atoms with van der Waals surface area (Å²) < 4.78 is 11.0. The van der Waals surface area contributed by atoms with Crippen LogP contribution in [0.5, 0.6) is 0 Å². The molecular weight excluding hydrogens is 524 g/mol. The number of carbonyl (C=O) groups is 3. The molecule has 3 atom stereocenters.